The van der Waals surface area contributed by atoms with Crippen molar-refractivity contribution in [3.05, 3.63) is 57.6 Å². The van der Waals surface area contributed by atoms with E-state index >= 15 is 0 Å². The summed E-state index contributed by atoms with van der Waals surface area (Å²) in [4.78, 5) is 20.7. The van der Waals surface area contributed by atoms with E-state index in [1.807, 2.05) is 0 Å². The molecule has 0 atom stereocenters. The maximum atomic E-state index is 13.3. The Morgan fingerprint density at radius 2 is 1.76 bits per heavy atom. The third-order valence-corrected chi connectivity index (χ3v) is 5.39. The molecule has 0 unspecified atom stereocenters. The van der Waals surface area contributed by atoms with E-state index in [1.165, 1.54) is 6.07 Å². The Balaban J connectivity index is 1.95. The molecule has 9 heteroatoms. The highest BCUT2D eigenvalue weighted by Crippen LogP contribution is 2.32. The van der Waals surface area contributed by atoms with Crippen molar-refractivity contribution in [2.24, 2.45) is 0 Å². The SMILES string of the molecule is O=c1nc(NC2CCCCC2)c2ccc(C(F)(F)F)nc2n1-c1ccccc1Cl. The first-order valence-corrected chi connectivity index (χ1v) is 9.75. The van der Waals surface area contributed by atoms with Crippen LogP contribution in [0, 0.1) is 0 Å². The van der Waals surface area contributed by atoms with Gasteiger partial charge in [-0.3, -0.25) is 0 Å². The van der Waals surface area contributed by atoms with Gasteiger partial charge >= 0.3 is 11.9 Å². The minimum absolute atomic E-state index is 0.123. The van der Waals surface area contributed by atoms with Gasteiger partial charge in [0.2, 0.25) is 0 Å². The number of anilines is 1. The molecule has 3 aromatic rings. The molecule has 0 radical (unpaired) electrons. The van der Waals surface area contributed by atoms with Gasteiger partial charge in [-0.1, -0.05) is 43.0 Å². The van der Waals surface area contributed by atoms with Crippen molar-refractivity contribution in [2.45, 2.75) is 44.3 Å². The number of benzene rings is 1. The fourth-order valence-electron chi connectivity index (χ4n) is 3.66. The Kier molecular flexibility index (Phi) is 5.21. The minimum atomic E-state index is -4.64. The van der Waals surface area contributed by atoms with Gasteiger partial charge < -0.3 is 5.32 Å². The van der Waals surface area contributed by atoms with E-state index < -0.39 is 17.6 Å². The van der Waals surface area contributed by atoms with Gasteiger partial charge in [-0.05, 0) is 37.1 Å². The zero-order valence-electron chi connectivity index (χ0n) is 15.3. The Morgan fingerprint density at radius 1 is 1.03 bits per heavy atom. The maximum Gasteiger partial charge on any atom is 0.433 e. The van der Waals surface area contributed by atoms with Crippen LogP contribution < -0.4 is 11.0 Å². The third-order valence-electron chi connectivity index (χ3n) is 5.07. The van der Waals surface area contributed by atoms with Crippen LogP contribution in [0.2, 0.25) is 5.02 Å². The molecule has 0 amide bonds. The smallest absolute Gasteiger partial charge is 0.367 e. The van der Waals surface area contributed by atoms with Gasteiger partial charge in [-0.25, -0.2) is 14.3 Å². The van der Waals surface area contributed by atoms with E-state index in [9.17, 15) is 18.0 Å². The topological polar surface area (TPSA) is 59.8 Å². The Hall–Kier alpha value is -2.61. The lowest BCUT2D eigenvalue weighted by Crippen LogP contribution is -2.28. The van der Waals surface area contributed by atoms with Crippen molar-refractivity contribution in [3.8, 4) is 5.69 Å². The second kappa shape index (κ2) is 7.67. The number of rotatable bonds is 3. The van der Waals surface area contributed by atoms with Gasteiger partial charge in [-0.2, -0.15) is 18.2 Å². The number of halogens is 4. The van der Waals surface area contributed by atoms with Gasteiger partial charge in [0.1, 0.15) is 11.5 Å². The van der Waals surface area contributed by atoms with Crippen molar-refractivity contribution in [2.75, 3.05) is 5.32 Å². The fraction of sp³-hybridized carbons (Fsp3) is 0.350. The number of nitrogens with zero attached hydrogens (tertiary/aromatic N) is 3. The number of nitrogens with one attached hydrogen (secondary N) is 1. The fourth-order valence-corrected chi connectivity index (χ4v) is 3.88. The van der Waals surface area contributed by atoms with Crippen LogP contribution in [0.1, 0.15) is 37.8 Å². The molecule has 1 aliphatic rings. The molecule has 2 heterocycles. The number of hydrogen-bond acceptors (Lipinski definition) is 4. The maximum absolute atomic E-state index is 13.3. The number of para-hydroxylation sites is 1. The summed E-state index contributed by atoms with van der Waals surface area (Å²) in [6.45, 7) is 0. The highest BCUT2D eigenvalue weighted by molar-refractivity contribution is 6.32. The summed E-state index contributed by atoms with van der Waals surface area (Å²) in [5, 5.41) is 3.79. The lowest BCUT2D eigenvalue weighted by Gasteiger charge is -2.24. The number of hydrogen-bond donors (Lipinski definition) is 1. The van der Waals surface area contributed by atoms with Gasteiger partial charge in [0.25, 0.3) is 0 Å². The monoisotopic (exact) mass is 422 g/mol. The summed E-state index contributed by atoms with van der Waals surface area (Å²) in [5.41, 5.74) is -1.73. The van der Waals surface area contributed by atoms with E-state index in [4.69, 9.17) is 11.6 Å². The molecule has 4 rings (SSSR count). The zero-order valence-corrected chi connectivity index (χ0v) is 16.1. The molecule has 2 aromatic heterocycles. The summed E-state index contributed by atoms with van der Waals surface area (Å²) in [7, 11) is 0. The second-order valence-corrected chi connectivity index (χ2v) is 7.48. The van der Waals surface area contributed by atoms with Crippen LogP contribution in [0.4, 0.5) is 19.0 Å². The van der Waals surface area contributed by atoms with E-state index in [2.05, 4.69) is 15.3 Å². The molecule has 0 spiro atoms. The Labute approximate surface area is 169 Å². The molecule has 0 saturated heterocycles. The number of alkyl halides is 3. The van der Waals surface area contributed by atoms with Gasteiger partial charge in [0, 0.05) is 6.04 Å². The first kappa shape index (κ1) is 19.7. The molecular formula is C20H18ClF3N4O. The van der Waals surface area contributed by atoms with Crippen LogP contribution >= 0.6 is 11.6 Å². The first-order chi connectivity index (χ1) is 13.8. The highest BCUT2D eigenvalue weighted by Gasteiger charge is 2.33. The van der Waals surface area contributed by atoms with Crippen molar-refractivity contribution in [3.63, 3.8) is 0 Å². The highest BCUT2D eigenvalue weighted by atomic mass is 35.5. The van der Waals surface area contributed by atoms with E-state index in [0.29, 0.717) is 5.39 Å². The lowest BCUT2D eigenvalue weighted by molar-refractivity contribution is -0.141. The molecule has 29 heavy (non-hydrogen) atoms. The Bertz CT molecular complexity index is 1110. The zero-order chi connectivity index (χ0) is 20.6. The number of pyridine rings is 1. The van der Waals surface area contributed by atoms with Gasteiger partial charge in [-0.15, -0.1) is 0 Å². The molecule has 5 nitrogen and oxygen atoms in total. The molecule has 1 aromatic carbocycles. The summed E-state index contributed by atoms with van der Waals surface area (Å²) >= 11 is 6.20. The van der Waals surface area contributed by atoms with Crippen molar-refractivity contribution in [1.82, 2.24) is 14.5 Å². The average Bonchev–Trinajstić information content (AvgIpc) is 2.69. The Morgan fingerprint density at radius 3 is 2.45 bits per heavy atom. The van der Waals surface area contributed by atoms with Crippen LogP contribution in [0.5, 0.6) is 0 Å². The molecule has 152 valence electrons. The summed E-state index contributed by atoms with van der Waals surface area (Å²) in [6, 6.07) is 8.73. The molecule has 1 N–H and O–H groups in total. The minimum Gasteiger partial charge on any atom is -0.367 e. The van der Waals surface area contributed by atoms with Crippen LogP contribution in [-0.2, 0) is 6.18 Å². The van der Waals surface area contributed by atoms with Gasteiger partial charge in [0.05, 0.1) is 16.1 Å². The summed E-state index contributed by atoms with van der Waals surface area (Å²) in [5.74, 6) is 0.251. The van der Waals surface area contributed by atoms with Crippen molar-refractivity contribution >= 4 is 28.5 Å². The average molecular weight is 423 g/mol. The standard InChI is InChI=1S/C20H18ClF3N4O/c21-14-8-4-5-9-15(14)28-18-13(10-11-16(26-18)20(22,23)24)17(27-19(28)29)25-12-6-2-1-3-7-12/h4-5,8-12H,1-3,6-7H2,(H,25,27,29). The van der Waals surface area contributed by atoms with E-state index in [-0.39, 0.29) is 28.2 Å². The van der Waals surface area contributed by atoms with Crippen LogP contribution in [-0.4, -0.2) is 20.6 Å². The quantitative estimate of drug-likeness (QED) is 0.630. The molecule has 0 bridgehead atoms. The summed E-state index contributed by atoms with van der Waals surface area (Å²) in [6.07, 6.45) is 0.466. The largest absolute Gasteiger partial charge is 0.433 e. The second-order valence-electron chi connectivity index (χ2n) is 7.07. The molecule has 0 aliphatic heterocycles. The van der Waals surface area contributed by atoms with Crippen LogP contribution in [0.15, 0.2) is 41.2 Å². The predicted molar refractivity (Wildman–Crippen MR) is 106 cm³/mol. The molecule has 1 fully saturated rings. The van der Waals surface area contributed by atoms with E-state index in [0.717, 1.165) is 42.7 Å². The lowest BCUT2D eigenvalue weighted by atomic mass is 9.95. The first-order valence-electron chi connectivity index (χ1n) is 9.37. The molecular weight excluding hydrogens is 405 g/mol. The third kappa shape index (κ3) is 3.94. The van der Waals surface area contributed by atoms with Crippen LogP contribution in [0.25, 0.3) is 16.7 Å². The predicted octanol–water partition coefficient (Wildman–Crippen LogP) is 5.20. The molecule has 1 saturated carbocycles. The normalized spacial score (nSPS) is 15.6. The summed E-state index contributed by atoms with van der Waals surface area (Å²) < 4.78 is 40.9. The van der Waals surface area contributed by atoms with Crippen molar-refractivity contribution < 1.29 is 13.2 Å². The van der Waals surface area contributed by atoms with Gasteiger partial charge in [0.15, 0.2) is 5.65 Å². The van der Waals surface area contributed by atoms with E-state index in [1.54, 1.807) is 24.3 Å². The number of fused-ring (bicyclic) bond motifs is 1. The number of aromatic nitrogens is 3. The van der Waals surface area contributed by atoms with Crippen molar-refractivity contribution in [1.29, 1.82) is 0 Å². The van der Waals surface area contributed by atoms with Crippen LogP contribution in [0.3, 0.4) is 0 Å². The molecule has 1 aliphatic carbocycles.